The number of imide groups is 1. The molecule has 0 spiro atoms. The van der Waals surface area contributed by atoms with Gasteiger partial charge in [-0.2, -0.15) is 0 Å². The number of fused-ring (bicyclic) bond motifs is 1. The zero-order valence-electron chi connectivity index (χ0n) is 16.3. The van der Waals surface area contributed by atoms with Crippen molar-refractivity contribution in [2.24, 2.45) is 0 Å². The maximum absolute atomic E-state index is 13.4. The van der Waals surface area contributed by atoms with Crippen molar-refractivity contribution in [3.8, 4) is 0 Å². The molecular weight excluding hydrogens is 362 g/mol. The zero-order valence-corrected chi connectivity index (χ0v) is 16.3. The molecular formula is C24H21N3O2. The number of pyridine rings is 1. The Labute approximate surface area is 169 Å². The third-order valence-corrected chi connectivity index (χ3v) is 5.19. The largest absolute Gasteiger partial charge is 0.373 e. The van der Waals surface area contributed by atoms with Crippen LogP contribution in [0.4, 0.5) is 5.82 Å². The number of anilines is 1. The maximum atomic E-state index is 13.4. The van der Waals surface area contributed by atoms with E-state index in [1.165, 1.54) is 0 Å². The van der Waals surface area contributed by atoms with E-state index in [0.29, 0.717) is 22.5 Å². The fourth-order valence-corrected chi connectivity index (χ4v) is 3.45. The average Bonchev–Trinajstić information content (AvgIpc) is 2.77. The fraction of sp³-hybridized carbons (Fsp3) is 0.125. The molecule has 2 aromatic carbocycles. The number of nitrogens with zero attached hydrogens (tertiary/aromatic N) is 3. The average molecular weight is 383 g/mol. The number of carbonyl (C=O) groups is 2. The summed E-state index contributed by atoms with van der Waals surface area (Å²) in [4.78, 5) is 33.8. The van der Waals surface area contributed by atoms with Gasteiger partial charge in [0.2, 0.25) is 0 Å². The second kappa shape index (κ2) is 7.72. The fourth-order valence-electron chi connectivity index (χ4n) is 3.45. The maximum Gasteiger partial charge on any atom is 0.268 e. The number of hydrogen-bond acceptors (Lipinski definition) is 4. The van der Waals surface area contributed by atoms with Gasteiger partial charge >= 0.3 is 0 Å². The van der Waals surface area contributed by atoms with Gasteiger partial charge in [0.1, 0.15) is 5.82 Å². The van der Waals surface area contributed by atoms with Gasteiger partial charge in [-0.1, -0.05) is 54.6 Å². The van der Waals surface area contributed by atoms with Crippen LogP contribution in [0.3, 0.4) is 0 Å². The van der Waals surface area contributed by atoms with E-state index >= 15 is 0 Å². The number of benzene rings is 2. The van der Waals surface area contributed by atoms with Crippen molar-refractivity contribution < 1.29 is 9.59 Å². The predicted molar refractivity (Wildman–Crippen MR) is 113 cm³/mol. The van der Waals surface area contributed by atoms with Crippen LogP contribution in [0, 0.1) is 0 Å². The van der Waals surface area contributed by atoms with Crippen LogP contribution in [0.5, 0.6) is 0 Å². The Balaban J connectivity index is 1.79. The van der Waals surface area contributed by atoms with Crippen molar-refractivity contribution in [2.45, 2.75) is 13.0 Å². The molecule has 2 heterocycles. The molecule has 0 N–H and O–H groups in total. The molecule has 0 fully saturated rings. The van der Waals surface area contributed by atoms with Crippen LogP contribution in [0.25, 0.3) is 5.57 Å². The predicted octanol–water partition coefficient (Wildman–Crippen LogP) is 4.30. The lowest BCUT2D eigenvalue weighted by Gasteiger charge is -2.30. The van der Waals surface area contributed by atoms with Gasteiger partial charge in [0.25, 0.3) is 11.8 Å². The summed E-state index contributed by atoms with van der Waals surface area (Å²) in [7, 11) is 1.93. The molecule has 4 rings (SSSR count). The van der Waals surface area contributed by atoms with E-state index in [9.17, 15) is 9.59 Å². The van der Waals surface area contributed by atoms with E-state index in [1.54, 1.807) is 36.5 Å². The molecule has 1 aliphatic heterocycles. The lowest BCUT2D eigenvalue weighted by atomic mass is 9.93. The first-order chi connectivity index (χ1) is 14.1. The second-order valence-corrected chi connectivity index (χ2v) is 6.97. The highest BCUT2D eigenvalue weighted by atomic mass is 16.2. The minimum absolute atomic E-state index is 0.0598. The first kappa shape index (κ1) is 18.6. The number of rotatable bonds is 4. The van der Waals surface area contributed by atoms with Crippen LogP contribution in [0.2, 0.25) is 0 Å². The molecule has 5 nitrogen and oxygen atoms in total. The van der Waals surface area contributed by atoms with Crippen molar-refractivity contribution in [3.63, 3.8) is 0 Å². The Morgan fingerprint density at radius 3 is 2.21 bits per heavy atom. The number of amides is 2. The summed E-state index contributed by atoms with van der Waals surface area (Å²) in [5.41, 5.74) is 2.74. The van der Waals surface area contributed by atoms with E-state index in [2.05, 4.69) is 24.0 Å². The van der Waals surface area contributed by atoms with E-state index in [0.717, 1.165) is 10.5 Å². The van der Waals surface area contributed by atoms with Crippen molar-refractivity contribution in [3.05, 3.63) is 102 Å². The van der Waals surface area contributed by atoms with Gasteiger partial charge in [0.05, 0.1) is 11.6 Å². The van der Waals surface area contributed by atoms with Crippen molar-refractivity contribution in [2.75, 3.05) is 11.9 Å². The molecule has 1 atom stereocenters. The standard InChI is InChI=1S/C24H21N3O2/c1-17(18-10-4-3-5-11-18)26(2)16-21-19-12-6-7-13-20(19)23(28)27(24(21)29)22-14-8-9-15-25-22/h3-17H,1-2H3/t17-/m0/s1. The summed E-state index contributed by atoms with van der Waals surface area (Å²) in [5.74, 6) is -0.415. The minimum atomic E-state index is -0.375. The van der Waals surface area contributed by atoms with Crippen LogP contribution in [0.15, 0.2) is 85.2 Å². The molecule has 29 heavy (non-hydrogen) atoms. The summed E-state index contributed by atoms with van der Waals surface area (Å²) in [5, 5.41) is 0. The van der Waals surface area contributed by atoms with Crippen molar-refractivity contribution in [1.82, 2.24) is 9.88 Å². The van der Waals surface area contributed by atoms with Gasteiger partial charge in [-0.15, -0.1) is 0 Å². The molecule has 144 valence electrons. The molecule has 0 unspecified atom stereocenters. The molecule has 1 aromatic heterocycles. The highest BCUT2D eigenvalue weighted by molar-refractivity contribution is 6.40. The highest BCUT2D eigenvalue weighted by Crippen LogP contribution is 2.32. The monoisotopic (exact) mass is 383 g/mol. The number of hydrogen-bond donors (Lipinski definition) is 0. The molecule has 3 aromatic rings. The van der Waals surface area contributed by atoms with Gasteiger partial charge in [-0.05, 0) is 30.7 Å². The summed E-state index contributed by atoms with van der Waals surface area (Å²) >= 11 is 0. The van der Waals surface area contributed by atoms with Crippen molar-refractivity contribution in [1.29, 1.82) is 0 Å². The smallest absolute Gasteiger partial charge is 0.268 e. The third kappa shape index (κ3) is 3.43. The summed E-state index contributed by atoms with van der Waals surface area (Å²) in [6.45, 7) is 2.08. The molecule has 0 saturated carbocycles. The number of aromatic nitrogens is 1. The lowest BCUT2D eigenvalue weighted by molar-refractivity contribution is -0.113. The highest BCUT2D eigenvalue weighted by Gasteiger charge is 2.36. The van der Waals surface area contributed by atoms with Gasteiger partial charge in [0, 0.05) is 30.6 Å². The second-order valence-electron chi connectivity index (χ2n) is 6.97. The van der Waals surface area contributed by atoms with Gasteiger partial charge in [-0.3, -0.25) is 9.59 Å². The van der Waals surface area contributed by atoms with E-state index < -0.39 is 0 Å². The molecule has 1 aliphatic rings. The summed E-state index contributed by atoms with van der Waals surface area (Å²) < 4.78 is 0. The van der Waals surface area contributed by atoms with Crippen LogP contribution in [-0.4, -0.2) is 28.7 Å². The molecule has 2 amide bonds. The lowest BCUT2D eigenvalue weighted by Crippen LogP contribution is -2.42. The quantitative estimate of drug-likeness (QED) is 0.498. The van der Waals surface area contributed by atoms with E-state index in [-0.39, 0.29) is 17.9 Å². The van der Waals surface area contributed by atoms with Crippen LogP contribution in [-0.2, 0) is 4.79 Å². The van der Waals surface area contributed by atoms with Crippen molar-refractivity contribution >= 4 is 23.2 Å². The first-order valence-corrected chi connectivity index (χ1v) is 9.46. The topological polar surface area (TPSA) is 53.5 Å². The Bertz CT molecular complexity index is 1080. The first-order valence-electron chi connectivity index (χ1n) is 9.46. The molecule has 0 radical (unpaired) electrons. The molecule has 5 heteroatoms. The normalized spacial score (nSPS) is 15.9. The SMILES string of the molecule is C[C@@H](c1ccccc1)N(C)C=C1C(=O)N(c2ccccn2)C(=O)c2ccccc21. The minimum Gasteiger partial charge on any atom is -0.373 e. The third-order valence-electron chi connectivity index (χ3n) is 5.19. The van der Waals surface area contributed by atoms with Gasteiger partial charge < -0.3 is 4.90 Å². The molecule has 0 aliphatic carbocycles. The van der Waals surface area contributed by atoms with Crippen LogP contribution < -0.4 is 4.90 Å². The Morgan fingerprint density at radius 2 is 1.52 bits per heavy atom. The van der Waals surface area contributed by atoms with Crippen LogP contribution >= 0.6 is 0 Å². The molecule has 0 bridgehead atoms. The zero-order chi connectivity index (χ0) is 20.4. The Kier molecular flexibility index (Phi) is 4.96. The number of carbonyl (C=O) groups excluding carboxylic acids is 2. The Hall–Kier alpha value is -3.73. The van der Waals surface area contributed by atoms with E-state index in [4.69, 9.17) is 0 Å². The molecule has 0 saturated heterocycles. The van der Waals surface area contributed by atoms with Crippen LogP contribution in [0.1, 0.15) is 34.5 Å². The van der Waals surface area contributed by atoms with Gasteiger partial charge in [0.15, 0.2) is 0 Å². The Morgan fingerprint density at radius 1 is 0.862 bits per heavy atom. The summed E-state index contributed by atoms with van der Waals surface area (Å²) in [6.07, 6.45) is 3.39. The summed E-state index contributed by atoms with van der Waals surface area (Å²) in [6, 6.07) is 22.5. The van der Waals surface area contributed by atoms with E-state index in [1.807, 2.05) is 48.5 Å². The van der Waals surface area contributed by atoms with Gasteiger partial charge in [-0.25, -0.2) is 9.88 Å².